The maximum absolute atomic E-state index is 11.2. The van der Waals surface area contributed by atoms with E-state index in [2.05, 4.69) is 15.3 Å². The van der Waals surface area contributed by atoms with Gasteiger partial charge in [-0.3, -0.25) is 0 Å². The fraction of sp³-hybridized carbons (Fsp3) is 0.462. The van der Waals surface area contributed by atoms with Gasteiger partial charge >= 0.3 is 5.69 Å². The summed E-state index contributed by atoms with van der Waals surface area (Å²) >= 11 is 0. The highest BCUT2D eigenvalue weighted by Gasteiger charge is 2.18. The van der Waals surface area contributed by atoms with Crippen LogP contribution in [0.5, 0.6) is 0 Å². The van der Waals surface area contributed by atoms with Crippen molar-refractivity contribution in [2.24, 2.45) is 5.73 Å². The Morgan fingerprint density at radius 3 is 2.61 bits per heavy atom. The minimum Gasteiger partial charge on any atom is -0.382 e. The fourth-order valence-corrected chi connectivity index (χ4v) is 2.62. The molecule has 0 saturated heterocycles. The predicted octanol–water partition coefficient (Wildman–Crippen LogP) is 1.54. The SMILES string of the molecule is NC1CCC(Nc2ccc3[nH]c(=O)[nH]c3c2)CC1. The normalized spacial score (nSPS) is 24.3. The van der Waals surface area contributed by atoms with E-state index in [-0.39, 0.29) is 5.69 Å². The first-order valence-corrected chi connectivity index (χ1v) is 6.45. The Kier molecular flexibility index (Phi) is 2.83. The number of hydrogen-bond acceptors (Lipinski definition) is 3. The second-order valence-electron chi connectivity index (χ2n) is 5.10. The highest BCUT2D eigenvalue weighted by Crippen LogP contribution is 2.22. The highest BCUT2D eigenvalue weighted by atomic mass is 16.1. The standard InChI is InChI=1S/C13H18N4O/c14-8-1-3-9(4-2-8)15-10-5-6-11-12(7-10)17-13(18)16-11/h5-9,15H,1-4,14H2,(H2,16,17,18). The third-order valence-corrected chi connectivity index (χ3v) is 3.66. The average Bonchev–Trinajstić information content (AvgIpc) is 2.71. The first-order chi connectivity index (χ1) is 8.70. The Hall–Kier alpha value is -1.75. The van der Waals surface area contributed by atoms with Crippen LogP contribution >= 0.6 is 0 Å². The van der Waals surface area contributed by atoms with E-state index in [4.69, 9.17) is 5.73 Å². The van der Waals surface area contributed by atoms with E-state index in [1.807, 2.05) is 18.2 Å². The van der Waals surface area contributed by atoms with E-state index < -0.39 is 0 Å². The quantitative estimate of drug-likeness (QED) is 0.648. The van der Waals surface area contributed by atoms with Gasteiger partial charge in [0.15, 0.2) is 0 Å². The molecule has 96 valence electrons. The van der Waals surface area contributed by atoms with Crippen LogP contribution in [0.2, 0.25) is 0 Å². The molecule has 5 nitrogen and oxygen atoms in total. The van der Waals surface area contributed by atoms with Crippen molar-refractivity contribution in [1.29, 1.82) is 0 Å². The summed E-state index contributed by atoms with van der Waals surface area (Å²) in [4.78, 5) is 16.7. The molecule has 1 fully saturated rings. The molecule has 0 bridgehead atoms. The summed E-state index contributed by atoms with van der Waals surface area (Å²) in [6.45, 7) is 0. The van der Waals surface area contributed by atoms with E-state index in [1.54, 1.807) is 0 Å². The lowest BCUT2D eigenvalue weighted by Crippen LogP contribution is -2.32. The summed E-state index contributed by atoms with van der Waals surface area (Å²) in [5, 5.41) is 3.51. The van der Waals surface area contributed by atoms with Crippen LogP contribution in [0.3, 0.4) is 0 Å². The van der Waals surface area contributed by atoms with Gasteiger partial charge in [-0.05, 0) is 43.9 Å². The number of hydrogen-bond donors (Lipinski definition) is 4. The van der Waals surface area contributed by atoms with Gasteiger partial charge in [0.05, 0.1) is 11.0 Å². The summed E-state index contributed by atoms with van der Waals surface area (Å²) in [5.74, 6) is 0. The molecule has 0 atom stereocenters. The first kappa shape index (κ1) is 11.3. The molecular weight excluding hydrogens is 228 g/mol. The van der Waals surface area contributed by atoms with Gasteiger partial charge in [0.1, 0.15) is 0 Å². The summed E-state index contributed by atoms with van der Waals surface area (Å²) in [6.07, 6.45) is 4.40. The fourth-order valence-electron chi connectivity index (χ4n) is 2.62. The number of nitrogens with one attached hydrogen (secondary N) is 3. The van der Waals surface area contributed by atoms with Gasteiger partial charge < -0.3 is 21.0 Å². The number of aromatic nitrogens is 2. The van der Waals surface area contributed by atoms with Gasteiger partial charge in [0.2, 0.25) is 0 Å². The molecule has 1 heterocycles. The number of rotatable bonds is 2. The zero-order valence-corrected chi connectivity index (χ0v) is 10.2. The lowest BCUT2D eigenvalue weighted by atomic mass is 9.91. The van der Waals surface area contributed by atoms with Crippen molar-refractivity contribution in [3.8, 4) is 0 Å². The molecular formula is C13H18N4O. The van der Waals surface area contributed by atoms with Crippen LogP contribution in [0.1, 0.15) is 25.7 Å². The largest absolute Gasteiger partial charge is 0.382 e. The zero-order chi connectivity index (χ0) is 12.5. The van der Waals surface area contributed by atoms with Crippen molar-refractivity contribution in [2.45, 2.75) is 37.8 Å². The summed E-state index contributed by atoms with van der Waals surface area (Å²) in [7, 11) is 0. The highest BCUT2D eigenvalue weighted by molar-refractivity contribution is 5.78. The van der Waals surface area contributed by atoms with Crippen LogP contribution in [0, 0.1) is 0 Å². The summed E-state index contributed by atoms with van der Waals surface area (Å²) < 4.78 is 0. The van der Waals surface area contributed by atoms with Crippen LogP contribution in [0.25, 0.3) is 11.0 Å². The maximum atomic E-state index is 11.2. The molecule has 5 N–H and O–H groups in total. The van der Waals surface area contributed by atoms with Crippen LogP contribution in [-0.4, -0.2) is 22.1 Å². The molecule has 2 aromatic rings. The smallest absolute Gasteiger partial charge is 0.323 e. The molecule has 18 heavy (non-hydrogen) atoms. The van der Waals surface area contributed by atoms with E-state index >= 15 is 0 Å². The Bertz CT molecular complexity index is 592. The monoisotopic (exact) mass is 246 g/mol. The van der Waals surface area contributed by atoms with E-state index in [0.29, 0.717) is 12.1 Å². The lowest BCUT2D eigenvalue weighted by Gasteiger charge is -2.27. The van der Waals surface area contributed by atoms with Crippen LogP contribution in [0.15, 0.2) is 23.0 Å². The molecule has 1 aromatic heterocycles. The van der Waals surface area contributed by atoms with E-state index in [1.165, 1.54) is 0 Å². The van der Waals surface area contributed by atoms with Gasteiger partial charge in [-0.25, -0.2) is 4.79 Å². The van der Waals surface area contributed by atoms with Gasteiger partial charge in [-0.2, -0.15) is 0 Å². The minimum atomic E-state index is -0.161. The van der Waals surface area contributed by atoms with Crippen molar-refractivity contribution < 1.29 is 0 Å². The zero-order valence-electron chi connectivity index (χ0n) is 10.2. The third kappa shape index (κ3) is 2.26. The minimum absolute atomic E-state index is 0.161. The van der Waals surface area contributed by atoms with Crippen molar-refractivity contribution in [1.82, 2.24) is 9.97 Å². The average molecular weight is 246 g/mol. The Morgan fingerprint density at radius 2 is 1.83 bits per heavy atom. The number of fused-ring (bicyclic) bond motifs is 1. The molecule has 1 saturated carbocycles. The number of anilines is 1. The molecule has 3 rings (SSSR count). The van der Waals surface area contributed by atoms with Gasteiger partial charge in [0, 0.05) is 17.8 Å². The number of benzene rings is 1. The molecule has 1 aliphatic rings. The van der Waals surface area contributed by atoms with Crippen molar-refractivity contribution in [2.75, 3.05) is 5.32 Å². The van der Waals surface area contributed by atoms with Crippen LogP contribution < -0.4 is 16.7 Å². The third-order valence-electron chi connectivity index (χ3n) is 3.66. The van der Waals surface area contributed by atoms with Gasteiger partial charge in [0.25, 0.3) is 0 Å². The van der Waals surface area contributed by atoms with Crippen molar-refractivity contribution in [3.05, 3.63) is 28.7 Å². The second kappa shape index (κ2) is 4.49. The maximum Gasteiger partial charge on any atom is 0.323 e. The number of imidazole rings is 1. The number of aromatic amines is 2. The second-order valence-corrected chi connectivity index (χ2v) is 5.10. The number of nitrogens with two attached hydrogens (primary N) is 1. The van der Waals surface area contributed by atoms with Crippen LogP contribution in [0.4, 0.5) is 5.69 Å². The molecule has 0 spiro atoms. The van der Waals surface area contributed by atoms with E-state index in [0.717, 1.165) is 42.4 Å². The Labute approximate surface area is 105 Å². The molecule has 5 heteroatoms. The molecule has 0 unspecified atom stereocenters. The molecule has 0 aliphatic heterocycles. The predicted molar refractivity (Wildman–Crippen MR) is 72.8 cm³/mol. The van der Waals surface area contributed by atoms with Gasteiger partial charge in [-0.1, -0.05) is 0 Å². The lowest BCUT2D eigenvalue weighted by molar-refractivity contribution is 0.411. The molecule has 1 aliphatic carbocycles. The van der Waals surface area contributed by atoms with E-state index in [9.17, 15) is 4.79 Å². The summed E-state index contributed by atoms with van der Waals surface area (Å²) in [5.41, 5.74) is 8.48. The van der Waals surface area contributed by atoms with Gasteiger partial charge in [-0.15, -0.1) is 0 Å². The summed E-state index contributed by atoms with van der Waals surface area (Å²) in [6, 6.07) is 6.76. The van der Waals surface area contributed by atoms with Crippen LogP contribution in [-0.2, 0) is 0 Å². The van der Waals surface area contributed by atoms with Crippen molar-refractivity contribution in [3.63, 3.8) is 0 Å². The number of H-pyrrole nitrogens is 2. The first-order valence-electron chi connectivity index (χ1n) is 6.45. The Balaban J connectivity index is 1.76. The Morgan fingerprint density at radius 1 is 1.11 bits per heavy atom. The topological polar surface area (TPSA) is 86.7 Å². The molecule has 1 aromatic carbocycles. The van der Waals surface area contributed by atoms with Crippen molar-refractivity contribution >= 4 is 16.7 Å². The molecule has 0 radical (unpaired) electrons. The molecule has 0 amide bonds.